The molecular formula is C21H27N3O2. The number of oxime groups is 1. The fourth-order valence-corrected chi connectivity index (χ4v) is 2.69. The molecule has 2 aromatic carbocycles. The fourth-order valence-electron chi connectivity index (χ4n) is 2.69. The first-order valence-corrected chi connectivity index (χ1v) is 8.83. The van der Waals surface area contributed by atoms with Gasteiger partial charge in [-0.1, -0.05) is 81.4 Å². The molecule has 3 N–H and O–H groups in total. The third kappa shape index (κ3) is 5.09. The smallest absolute Gasteiger partial charge is 0.265 e. The number of hydrogen-bond donors (Lipinski definition) is 2. The quantitative estimate of drug-likeness (QED) is 0.445. The molecule has 0 radical (unpaired) electrons. The molecule has 0 saturated carbocycles. The van der Waals surface area contributed by atoms with E-state index in [0.717, 1.165) is 22.4 Å². The average molecular weight is 353 g/mol. The van der Waals surface area contributed by atoms with Crippen molar-refractivity contribution < 1.29 is 9.63 Å². The molecule has 0 fully saturated rings. The van der Waals surface area contributed by atoms with Gasteiger partial charge in [0.1, 0.15) is 0 Å². The van der Waals surface area contributed by atoms with Crippen molar-refractivity contribution in [3.63, 3.8) is 0 Å². The molecule has 5 heteroatoms. The van der Waals surface area contributed by atoms with E-state index in [1.165, 1.54) is 0 Å². The van der Waals surface area contributed by atoms with E-state index in [1.54, 1.807) is 0 Å². The van der Waals surface area contributed by atoms with Gasteiger partial charge in [-0.05, 0) is 23.0 Å². The number of anilines is 1. The van der Waals surface area contributed by atoms with Gasteiger partial charge in [-0.15, -0.1) is 0 Å². The Labute approximate surface area is 155 Å². The van der Waals surface area contributed by atoms with Crippen molar-refractivity contribution in [3.8, 4) is 0 Å². The van der Waals surface area contributed by atoms with E-state index in [1.807, 2.05) is 48.5 Å². The van der Waals surface area contributed by atoms with Crippen LogP contribution in [0.4, 0.5) is 5.69 Å². The van der Waals surface area contributed by atoms with E-state index >= 15 is 0 Å². The van der Waals surface area contributed by atoms with Crippen molar-refractivity contribution in [1.82, 2.24) is 0 Å². The summed E-state index contributed by atoms with van der Waals surface area (Å²) in [5.41, 5.74) is 9.69. The second-order valence-electron chi connectivity index (χ2n) is 6.79. The van der Waals surface area contributed by atoms with Crippen LogP contribution in [0.25, 0.3) is 0 Å². The molecule has 0 atom stereocenters. The lowest BCUT2D eigenvalue weighted by molar-refractivity contribution is -0.120. The van der Waals surface area contributed by atoms with Crippen LogP contribution in [-0.2, 0) is 9.63 Å². The Bertz CT molecular complexity index is 742. The first kappa shape index (κ1) is 19.5. The topological polar surface area (TPSA) is 76.7 Å². The number of hydrogen-bond acceptors (Lipinski definition) is 3. The Balaban J connectivity index is 2.06. The minimum atomic E-state index is -0.260. The van der Waals surface area contributed by atoms with Gasteiger partial charge < -0.3 is 15.9 Å². The van der Waals surface area contributed by atoms with Crippen LogP contribution in [0, 0.1) is 0 Å². The highest BCUT2D eigenvalue weighted by atomic mass is 16.6. The Morgan fingerprint density at radius 3 is 2.12 bits per heavy atom. The first-order valence-electron chi connectivity index (χ1n) is 8.83. The Morgan fingerprint density at radius 1 is 1.00 bits per heavy atom. The van der Waals surface area contributed by atoms with Crippen molar-refractivity contribution in [2.24, 2.45) is 10.9 Å². The molecule has 0 heterocycles. The second kappa shape index (κ2) is 9.04. The number of carbonyl (C=O) groups excluding carboxylic acids is 1. The highest BCUT2D eigenvalue weighted by Gasteiger charge is 2.16. The normalized spacial score (nSPS) is 11.7. The third-order valence-corrected chi connectivity index (χ3v) is 4.07. The maximum absolute atomic E-state index is 12.3. The molecule has 1 amide bonds. The molecule has 2 rings (SSSR count). The number of rotatable bonds is 7. The molecule has 138 valence electrons. The summed E-state index contributed by atoms with van der Waals surface area (Å²) in [4.78, 5) is 17.5. The van der Waals surface area contributed by atoms with Gasteiger partial charge >= 0.3 is 0 Å². The zero-order chi connectivity index (χ0) is 19.1. The number of nitrogens with two attached hydrogens (primary N) is 1. The summed E-state index contributed by atoms with van der Waals surface area (Å²) in [5, 5.41) is 6.81. The molecule has 0 spiro atoms. The lowest BCUT2D eigenvalue weighted by Gasteiger charge is -2.20. The molecule has 2 aromatic rings. The molecule has 0 aliphatic carbocycles. The standard InChI is InChI=1S/C21H27N3O2/c1-14(2)17-11-8-12-18(15(3)4)20(17)23-19(25)13-26-24-21(22)16-9-6-5-7-10-16/h5-12,14-15H,13H2,1-4H3,(H2,22,24)(H,23,25). The van der Waals surface area contributed by atoms with Crippen molar-refractivity contribution in [3.05, 3.63) is 65.2 Å². The summed E-state index contributed by atoms with van der Waals surface area (Å²) in [5.74, 6) is 0.585. The Kier molecular flexibility index (Phi) is 6.78. The van der Waals surface area contributed by atoms with Crippen molar-refractivity contribution in [2.75, 3.05) is 11.9 Å². The van der Waals surface area contributed by atoms with Crippen LogP contribution >= 0.6 is 0 Å². The lowest BCUT2D eigenvalue weighted by Crippen LogP contribution is -2.21. The van der Waals surface area contributed by atoms with Crippen molar-refractivity contribution in [1.29, 1.82) is 0 Å². The largest absolute Gasteiger partial charge is 0.384 e. The fraction of sp³-hybridized carbons (Fsp3) is 0.333. The van der Waals surface area contributed by atoms with Crippen LogP contribution in [-0.4, -0.2) is 18.3 Å². The van der Waals surface area contributed by atoms with Crippen LogP contribution in [0.2, 0.25) is 0 Å². The van der Waals surface area contributed by atoms with Gasteiger partial charge in [-0.2, -0.15) is 0 Å². The van der Waals surface area contributed by atoms with Gasteiger partial charge in [-0.3, -0.25) is 4.79 Å². The second-order valence-corrected chi connectivity index (χ2v) is 6.79. The van der Waals surface area contributed by atoms with Crippen LogP contribution in [0.3, 0.4) is 0 Å². The average Bonchev–Trinajstić information content (AvgIpc) is 2.62. The maximum atomic E-state index is 12.3. The van der Waals surface area contributed by atoms with Crippen LogP contribution in [0.15, 0.2) is 53.7 Å². The zero-order valence-electron chi connectivity index (χ0n) is 15.8. The van der Waals surface area contributed by atoms with E-state index in [9.17, 15) is 4.79 Å². The number of nitrogens with one attached hydrogen (secondary N) is 1. The molecule has 0 bridgehead atoms. The zero-order valence-corrected chi connectivity index (χ0v) is 15.8. The summed E-state index contributed by atoms with van der Waals surface area (Å²) < 4.78 is 0. The SMILES string of the molecule is CC(C)c1cccc(C(C)C)c1NC(=O)CON=C(N)c1ccccc1. The summed E-state index contributed by atoms with van der Waals surface area (Å²) in [6.07, 6.45) is 0. The van der Waals surface area contributed by atoms with Gasteiger partial charge in [0.05, 0.1) is 0 Å². The number of para-hydroxylation sites is 1. The summed E-state index contributed by atoms with van der Waals surface area (Å²) in [6.45, 7) is 8.23. The Morgan fingerprint density at radius 2 is 1.58 bits per heavy atom. The predicted octanol–water partition coefficient (Wildman–Crippen LogP) is 4.21. The molecule has 0 aliphatic heterocycles. The van der Waals surface area contributed by atoms with Gasteiger partial charge in [0.25, 0.3) is 5.91 Å². The number of nitrogens with zero attached hydrogens (tertiary/aromatic N) is 1. The van der Waals surface area contributed by atoms with Gasteiger partial charge in [0.15, 0.2) is 12.4 Å². The summed E-state index contributed by atoms with van der Waals surface area (Å²) in [7, 11) is 0. The Hall–Kier alpha value is -2.82. The van der Waals surface area contributed by atoms with Crippen LogP contribution in [0.1, 0.15) is 56.2 Å². The van der Waals surface area contributed by atoms with Crippen molar-refractivity contribution >= 4 is 17.4 Å². The van der Waals surface area contributed by atoms with Gasteiger partial charge in [-0.25, -0.2) is 0 Å². The minimum absolute atomic E-state index is 0.197. The molecule has 0 saturated heterocycles. The van der Waals surface area contributed by atoms with Crippen LogP contribution in [0.5, 0.6) is 0 Å². The van der Waals surface area contributed by atoms with Crippen LogP contribution < -0.4 is 11.1 Å². The van der Waals surface area contributed by atoms with E-state index < -0.39 is 0 Å². The van der Waals surface area contributed by atoms with Gasteiger partial charge in [0.2, 0.25) is 0 Å². The lowest BCUT2D eigenvalue weighted by atomic mass is 9.92. The predicted molar refractivity (Wildman–Crippen MR) is 106 cm³/mol. The number of carbonyl (C=O) groups is 1. The molecular weight excluding hydrogens is 326 g/mol. The van der Waals surface area contributed by atoms with E-state index in [0.29, 0.717) is 11.8 Å². The molecule has 0 aromatic heterocycles. The van der Waals surface area contributed by atoms with E-state index in [4.69, 9.17) is 10.6 Å². The molecule has 26 heavy (non-hydrogen) atoms. The highest BCUT2D eigenvalue weighted by Crippen LogP contribution is 2.32. The van der Waals surface area contributed by atoms with Gasteiger partial charge in [0, 0.05) is 11.3 Å². The minimum Gasteiger partial charge on any atom is -0.384 e. The highest BCUT2D eigenvalue weighted by molar-refractivity contribution is 5.97. The summed E-state index contributed by atoms with van der Waals surface area (Å²) >= 11 is 0. The van der Waals surface area contributed by atoms with E-state index in [2.05, 4.69) is 38.2 Å². The summed E-state index contributed by atoms with van der Waals surface area (Å²) in [6, 6.07) is 15.4. The molecule has 0 aliphatic rings. The van der Waals surface area contributed by atoms with Crippen molar-refractivity contribution in [2.45, 2.75) is 39.5 Å². The van der Waals surface area contributed by atoms with E-state index in [-0.39, 0.29) is 18.3 Å². The number of amides is 1. The number of benzene rings is 2. The molecule has 0 unspecified atom stereocenters. The first-order chi connectivity index (χ1) is 12.4. The molecule has 5 nitrogen and oxygen atoms in total. The monoisotopic (exact) mass is 353 g/mol. The third-order valence-electron chi connectivity index (χ3n) is 4.07. The maximum Gasteiger partial charge on any atom is 0.265 e. The number of amidine groups is 1.